The van der Waals surface area contributed by atoms with Gasteiger partial charge in [-0.15, -0.1) is 0 Å². The van der Waals surface area contributed by atoms with Crippen molar-refractivity contribution in [2.75, 3.05) is 0 Å². The Morgan fingerprint density at radius 1 is 1.22 bits per heavy atom. The fourth-order valence-electron chi connectivity index (χ4n) is 3.17. The third-order valence-corrected chi connectivity index (χ3v) is 4.35. The molecule has 0 saturated heterocycles. The van der Waals surface area contributed by atoms with E-state index in [0.717, 1.165) is 43.4 Å². The third kappa shape index (κ3) is 4.27. The first-order chi connectivity index (χ1) is 11.1. The van der Waals surface area contributed by atoms with Crippen LogP contribution in [0.15, 0.2) is 40.6 Å². The predicted octanol–water partition coefficient (Wildman–Crippen LogP) is 3.71. The zero-order valence-corrected chi connectivity index (χ0v) is 14.3. The van der Waals surface area contributed by atoms with Gasteiger partial charge in [0.2, 0.25) is 11.8 Å². The van der Waals surface area contributed by atoms with Crippen LogP contribution in [0.4, 0.5) is 0 Å². The van der Waals surface area contributed by atoms with E-state index in [2.05, 4.69) is 24.2 Å². The van der Waals surface area contributed by atoms with Gasteiger partial charge in [0.15, 0.2) is 0 Å². The topological polar surface area (TPSA) is 58.5 Å². The molecule has 1 N–H and O–H groups in total. The van der Waals surface area contributed by atoms with Crippen LogP contribution in [0, 0.1) is 11.8 Å². The molecule has 1 unspecified atom stereocenters. The van der Waals surface area contributed by atoms with Crippen LogP contribution in [0.25, 0.3) is 0 Å². The van der Waals surface area contributed by atoms with Crippen LogP contribution in [-0.2, 0) is 9.59 Å². The number of carbonyl (C=O) groups excluding carboxylic acids is 2. The highest BCUT2D eigenvalue weighted by Gasteiger charge is 2.25. The Morgan fingerprint density at radius 2 is 1.91 bits per heavy atom. The maximum atomic E-state index is 12.4. The van der Waals surface area contributed by atoms with Crippen LogP contribution < -0.4 is 5.32 Å². The Kier molecular flexibility index (Phi) is 6.08. The molecular weight excluding hydrogens is 288 g/mol. The summed E-state index contributed by atoms with van der Waals surface area (Å²) < 4.78 is 0. The Labute approximate surface area is 138 Å². The average molecular weight is 314 g/mol. The summed E-state index contributed by atoms with van der Waals surface area (Å²) in [5.74, 6) is -0.0277. The van der Waals surface area contributed by atoms with Crippen molar-refractivity contribution in [3.63, 3.8) is 0 Å². The molecule has 4 heteroatoms. The van der Waals surface area contributed by atoms with E-state index in [-0.39, 0.29) is 23.7 Å². The lowest BCUT2D eigenvalue weighted by atomic mass is 9.86. The van der Waals surface area contributed by atoms with Crippen LogP contribution in [0.5, 0.6) is 0 Å². The fourth-order valence-corrected chi connectivity index (χ4v) is 3.17. The number of hydrogen-bond donors (Lipinski definition) is 1. The van der Waals surface area contributed by atoms with Gasteiger partial charge in [0.1, 0.15) is 0 Å². The van der Waals surface area contributed by atoms with Crippen molar-refractivity contribution in [3.05, 3.63) is 35.6 Å². The molecule has 0 aromatic rings. The lowest BCUT2D eigenvalue weighted by molar-refractivity contribution is -0.122. The number of rotatable bonds is 6. The number of carbonyl (C=O) groups is 2. The van der Waals surface area contributed by atoms with Crippen molar-refractivity contribution >= 4 is 17.5 Å². The van der Waals surface area contributed by atoms with Gasteiger partial charge in [-0.3, -0.25) is 9.59 Å². The lowest BCUT2D eigenvalue weighted by Gasteiger charge is -2.27. The summed E-state index contributed by atoms with van der Waals surface area (Å²) in [5, 5.41) is 2.87. The lowest BCUT2D eigenvalue weighted by Crippen LogP contribution is -2.33. The number of nitrogens with one attached hydrogen (secondary N) is 1. The smallest absolute Gasteiger partial charge is 0.249 e. The largest absolute Gasteiger partial charge is 0.325 e. The second-order valence-corrected chi connectivity index (χ2v) is 6.15. The van der Waals surface area contributed by atoms with Gasteiger partial charge in [0.05, 0.1) is 5.71 Å². The highest BCUT2D eigenvalue weighted by Crippen LogP contribution is 2.29. The summed E-state index contributed by atoms with van der Waals surface area (Å²) in [5.41, 5.74) is 2.55. The molecule has 2 aliphatic rings. The molecule has 0 spiro atoms. The summed E-state index contributed by atoms with van der Waals surface area (Å²) in [7, 11) is 0. The number of nitrogens with zero attached hydrogens (tertiary/aromatic N) is 1. The van der Waals surface area contributed by atoms with E-state index in [0.29, 0.717) is 5.71 Å². The fraction of sp³-hybridized carbons (Fsp3) is 0.526. The Balaban J connectivity index is 2.18. The number of allylic oxidation sites excluding steroid dienone is 3. The van der Waals surface area contributed by atoms with E-state index >= 15 is 0 Å². The maximum absolute atomic E-state index is 12.4. The molecule has 124 valence electrons. The van der Waals surface area contributed by atoms with E-state index in [1.54, 1.807) is 6.08 Å². The Bertz CT molecular complexity index is 590. The molecule has 1 aliphatic heterocycles. The van der Waals surface area contributed by atoms with E-state index in [1.807, 2.05) is 25.2 Å². The normalized spacial score (nSPS) is 21.8. The second-order valence-electron chi connectivity index (χ2n) is 6.15. The molecule has 0 fully saturated rings. The first kappa shape index (κ1) is 17.4. The molecule has 0 aromatic carbocycles. The van der Waals surface area contributed by atoms with E-state index in [4.69, 9.17) is 0 Å². The highest BCUT2D eigenvalue weighted by atomic mass is 16.2. The molecule has 23 heavy (non-hydrogen) atoms. The van der Waals surface area contributed by atoms with Crippen LogP contribution in [0.3, 0.4) is 0 Å². The van der Waals surface area contributed by atoms with Crippen LogP contribution in [0.1, 0.15) is 52.9 Å². The van der Waals surface area contributed by atoms with Crippen molar-refractivity contribution in [2.45, 2.75) is 52.9 Å². The Morgan fingerprint density at radius 3 is 2.52 bits per heavy atom. The Hall–Kier alpha value is -1.97. The monoisotopic (exact) mass is 314 g/mol. The zero-order valence-electron chi connectivity index (χ0n) is 14.3. The number of amides is 2. The summed E-state index contributed by atoms with van der Waals surface area (Å²) in [6.07, 6.45) is 12.0. The predicted molar refractivity (Wildman–Crippen MR) is 93.0 cm³/mol. The summed E-state index contributed by atoms with van der Waals surface area (Å²) in [6.45, 7) is 6.22. The standard InChI is InChI=1S/C19H26N2O2/c1-4-7-14(8-5-2)19(23)20-15-9-10-16-13(6-3)11-18(22)21-17(16)12-15/h9-12,14,16H,4-8H2,1-3H3,(H,21,22). The van der Waals surface area contributed by atoms with Crippen molar-refractivity contribution in [1.82, 2.24) is 5.32 Å². The van der Waals surface area contributed by atoms with Crippen LogP contribution in [-0.4, -0.2) is 17.5 Å². The van der Waals surface area contributed by atoms with Gasteiger partial charge in [-0.1, -0.05) is 45.3 Å². The third-order valence-electron chi connectivity index (χ3n) is 4.35. The molecule has 0 bridgehead atoms. The average Bonchev–Trinajstić information content (AvgIpc) is 2.53. The van der Waals surface area contributed by atoms with Crippen molar-refractivity contribution in [3.8, 4) is 0 Å². The zero-order chi connectivity index (χ0) is 16.8. The molecule has 4 nitrogen and oxygen atoms in total. The molecule has 0 saturated carbocycles. The number of aliphatic imine (C=N–C) groups is 1. The molecule has 1 heterocycles. The quantitative estimate of drug-likeness (QED) is 0.812. The van der Waals surface area contributed by atoms with Gasteiger partial charge in [-0.2, -0.15) is 0 Å². The minimum atomic E-state index is -0.0971. The molecule has 0 radical (unpaired) electrons. The molecule has 2 amide bonds. The molecule has 0 aromatic heterocycles. The van der Waals surface area contributed by atoms with Gasteiger partial charge in [0, 0.05) is 23.6 Å². The first-order valence-electron chi connectivity index (χ1n) is 8.62. The van der Waals surface area contributed by atoms with Crippen molar-refractivity contribution < 1.29 is 9.59 Å². The first-order valence-corrected chi connectivity index (χ1v) is 8.62. The van der Waals surface area contributed by atoms with Gasteiger partial charge >= 0.3 is 0 Å². The summed E-state index contributed by atoms with van der Waals surface area (Å²) in [4.78, 5) is 28.4. The number of hydrogen-bond acceptors (Lipinski definition) is 2. The van der Waals surface area contributed by atoms with Gasteiger partial charge in [-0.25, -0.2) is 4.99 Å². The van der Waals surface area contributed by atoms with Crippen molar-refractivity contribution in [2.24, 2.45) is 16.8 Å². The van der Waals surface area contributed by atoms with Crippen molar-refractivity contribution in [1.29, 1.82) is 0 Å². The maximum Gasteiger partial charge on any atom is 0.249 e. The number of fused-ring (bicyclic) bond motifs is 1. The molecule has 2 rings (SSSR count). The van der Waals surface area contributed by atoms with E-state index < -0.39 is 0 Å². The van der Waals surface area contributed by atoms with E-state index in [1.165, 1.54) is 0 Å². The van der Waals surface area contributed by atoms with Gasteiger partial charge < -0.3 is 5.32 Å². The highest BCUT2D eigenvalue weighted by molar-refractivity contribution is 6.11. The summed E-state index contributed by atoms with van der Waals surface area (Å²) >= 11 is 0. The minimum absolute atomic E-state index is 0.00840. The second kappa shape index (κ2) is 8.04. The summed E-state index contributed by atoms with van der Waals surface area (Å²) in [6, 6.07) is 0. The van der Waals surface area contributed by atoms with Gasteiger partial charge in [-0.05, 0) is 31.4 Å². The van der Waals surface area contributed by atoms with Crippen LogP contribution in [0.2, 0.25) is 0 Å². The SMILES string of the molecule is CCCC(CCC)C(=O)N=C1C=CC2C(CC)=CC(=O)NC2=C1. The van der Waals surface area contributed by atoms with Crippen LogP contribution >= 0.6 is 0 Å². The minimum Gasteiger partial charge on any atom is -0.325 e. The van der Waals surface area contributed by atoms with E-state index in [9.17, 15) is 9.59 Å². The molecular formula is C19H26N2O2. The molecule has 1 atom stereocenters. The molecule has 1 aliphatic carbocycles. The van der Waals surface area contributed by atoms with Gasteiger partial charge in [0.25, 0.3) is 0 Å².